The number of hydrogen-bond donors (Lipinski definition) is 1. The first-order valence-corrected chi connectivity index (χ1v) is 5.69. The Morgan fingerprint density at radius 1 is 1.20 bits per heavy atom. The van der Waals surface area contributed by atoms with Crippen LogP contribution in [0.4, 0.5) is 5.69 Å². The molecule has 0 fully saturated rings. The number of nitro benzene ring substituents is 1. The van der Waals surface area contributed by atoms with Gasteiger partial charge in [-0.2, -0.15) is 0 Å². The van der Waals surface area contributed by atoms with Crippen LogP contribution in [0.3, 0.4) is 0 Å². The maximum atomic E-state index is 11.0. The second-order valence-corrected chi connectivity index (χ2v) is 4.03. The van der Waals surface area contributed by atoms with Gasteiger partial charge in [-0.15, -0.1) is 0 Å². The normalized spacial score (nSPS) is 10.1. The van der Waals surface area contributed by atoms with E-state index in [0.717, 1.165) is 0 Å². The molecule has 0 atom stereocenters. The number of aromatic carboxylic acids is 1. The van der Waals surface area contributed by atoms with E-state index in [2.05, 4.69) is 0 Å². The van der Waals surface area contributed by atoms with Crippen molar-refractivity contribution in [2.75, 3.05) is 7.11 Å². The topological polar surface area (TPSA) is 89.7 Å². The summed E-state index contributed by atoms with van der Waals surface area (Å²) in [4.78, 5) is 21.4. The molecule has 2 aromatic carbocycles. The average molecular weight is 273 g/mol. The first-order chi connectivity index (χ1) is 9.52. The van der Waals surface area contributed by atoms with Gasteiger partial charge in [-0.3, -0.25) is 10.1 Å². The first kappa shape index (κ1) is 13.5. The number of nitrogens with zero attached hydrogens (tertiary/aromatic N) is 1. The minimum absolute atomic E-state index is 0.126. The Labute approximate surface area is 114 Å². The lowest BCUT2D eigenvalue weighted by molar-refractivity contribution is -0.385. The van der Waals surface area contributed by atoms with Crippen LogP contribution in [0.1, 0.15) is 10.4 Å². The maximum Gasteiger partial charge on any atom is 0.335 e. The van der Waals surface area contributed by atoms with Gasteiger partial charge in [0.15, 0.2) is 5.75 Å². The average Bonchev–Trinajstić information content (AvgIpc) is 2.46. The number of rotatable bonds is 4. The van der Waals surface area contributed by atoms with Crippen LogP contribution in [0.2, 0.25) is 0 Å². The summed E-state index contributed by atoms with van der Waals surface area (Å²) in [5, 5.41) is 19.9. The number of benzene rings is 2. The molecular formula is C14H11NO5. The van der Waals surface area contributed by atoms with Crippen molar-refractivity contribution in [3.63, 3.8) is 0 Å². The summed E-state index contributed by atoms with van der Waals surface area (Å²) in [5.41, 5.74) is 1.11. The highest BCUT2D eigenvalue weighted by Crippen LogP contribution is 2.32. The fourth-order valence-corrected chi connectivity index (χ4v) is 1.84. The lowest BCUT2D eigenvalue weighted by Gasteiger charge is -2.06. The molecule has 0 aliphatic rings. The molecule has 6 heteroatoms. The molecule has 0 aliphatic carbocycles. The standard InChI is InChI=1S/C14H11NO5/c1-20-13-6-5-10(8-12(13)15(18)19)9-3-2-4-11(7-9)14(16)17/h2-8H,1H3,(H,16,17). The van der Waals surface area contributed by atoms with Gasteiger partial charge in [-0.1, -0.05) is 18.2 Å². The van der Waals surface area contributed by atoms with Crippen molar-refractivity contribution in [2.45, 2.75) is 0 Å². The Morgan fingerprint density at radius 3 is 2.50 bits per heavy atom. The molecule has 0 unspecified atom stereocenters. The third-order valence-electron chi connectivity index (χ3n) is 2.82. The monoisotopic (exact) mass is 273 g/mol. The van der Waals surface area contributed by atoms with Crippen molar-refractivity contribution in [3.05, 3.63) is 58.1 Å². The van der Waals surface area contributed by atoms with Crippen LogP contribution in [0.25, 0.3) is 11.1 Å². The predicted molar refractivity (Wildman–Crippen MR) is 72.0 cm³/mol. The zero-order chi connectivity index (χ0) is 14.7. The van der Waals surface area contributed by atoms with Crippen LogP contribution in [0.15, 0.2) is 42.5 Å². The number of ether oxygens (including phenoxy) is 1. The summed E-state index contributed by atoms with van der Waals surface area (Å²) in [6.07, 6.45) is 0. The van der Waals surface area contributed by atoms with Crippen LogP contribution in [-0.2, 0) is 0 Å². The second kappa shape index (κ2) is 5.40. The highest BCUT2D eigenvalue weighted by Gasteiger charge is 2.16. The number of hydrogen-bond acceptors (Lipinski definition) is 4. The number of carboxylic acid groups (broad SMARTS) is 1. The van der Waals surface area contributed by atoms with E-state index in [1.807, 2.05) is 0 Å². The molecule has 0 saturated carbocycles. The number of nitro groups is 1. The fourth-order valence-electron chi connectivity index (χ4n) is 1.84. The van der Waals surface area contributed by atoms with E-state index in [1.54, 1.807) is 18.2 Å². The maximum absolute atomic E-state index is 11.0. The van der Waals surface area contributed by atoms with Crippen molar-refractivity contribution in [2.24, 2.45) is 0 Å². The molecule has 0 radical (unpaired) electrons. The van der Waals surface area contributed by atoms with Crippen LogP contribution >= 0.6 is 0 Å². The zero-order valence-electron chi connectivity index (χ0n) is 10.6. The molecule has 0 amide bonds. The van der Waals surface area contributed by atoms with Crippen molar-refractivity contribution < 1.29 is 19.6 Å². The van der Waals surface area contributed by atoms with Gasteiger partial charge in [0, 0.05) is 6.07 Å². The van der Waals surface area contributed by atoms with E-state index in [0.29, 0.717) is 11.1 Å². The summed E-state index contributed by atoms with van der Waals surface area (Å²) in [7, 11) is 1.35. The molecule has 2 aromatic rings. The largest absolute Gasteiger partial charge is 0.490 e. The van der Waals surface area contributed by atoms with Gasteiger partial charge in [-0.05, 0) is 29.3 Å². The second-order valence-electron chi connectivity index (χ2n) is 4.03. The Bertz CT molecular complexity index is 681. The molecule has 6 nitrogen and oxygen atoms in total. The molecule has 0 bridgehead atoms. The molecule has 102 valence electrons. The van der Waals surface area contributed by atoms with Gasteiger partial charge in [0.2, 0.25) is 0 Å². The van der Waals surface area contributed by atoms with Crippen molar-refractivity contribution in [3.8, 4) is 16.9 Å². The highest BCUT2D eigenvalue weighted by atomic mass is 16.6. The predicted octanol–water partition coefficient (Wildman–Crippen LogP) is 2.97. The minimum atomic E-state index is -1.05. The Morgan fingerprint density at radius 2 is 1.90 bits per heavy atom. The van der Waals surface area contributed by atoms with Gasteiger partial charge >= 0.3 is 11.7 Å². The Kier molecular flexibility index (Phi) is 3.65. The van der Waals surface area contributed by atoms with Crippen LogP contribution < -0.4 is 4.74 Å². The number of methoxy groups -OCH3 is 1. The summed E-state index contributed by atoms with van der Waals surface area (Å²) >= 11 is 0. The summed E-state index contributed by atoms with van der Waals surface area (Å²) in [6, 6.07) is 10.7. The lowest BCUT2D eigenvalue weighted by Crippen LogP contribution is -1.96. The molecule has 0 spiro atoms. The fraction of sp³-hybridized carbons (Fsp3) is 0.0714. The van der Waals surface area contributed by atoms with E-state index in [4.69, 9.17) is 9.84 Å². The van der Waals surface area contributed by atoms with Gasteiger partial charge in [-0.25, -0.2) is 4.79 Å². The quantitative estimate of drug-likeness (QED) is 0.683. The van der Waals surface area contributed by atoms with Crippen molar-refractivity contribution in [1.29, 1.82) is 0 Å². The van der Waals surface area contributed by atoms with Gasteiger partial charge in [0.05, 0.1) is 17.6 Å². The van der Waals surface area contributed by atoms with Gasteiger partial charge < -0.3 is 9.84 Å². The van der Waals surface area contributed by atoms with Gasteiger partial charge in [0.25, 0.3) is 0 Å². The van der Waals surface area contributed by atoms with Crippen LogP contribution in [0.5, 0.6) is 5.75 Å². The van der Waals surface area contributed by atoms with E-state index >= 15 is 0 Å². The van der Waals surface area contributed by atoms with Crippen LogP contribution in [0, 0.1) is 10.1 Å². The SMILES string of the molecule is COc1ccc(-c2cccc(C(=O)O)c2)cc1[N+](=O)[O-]. The summed E-state index contributed by atoms with van der Waals surface area (Å²) in [5.74, 6) is -0.886. The smallest absolute Gasteiger partial charge is 0.335 e. The van der Waals surface area contributed by atoms with Crippen LogP contribution in [-0.4, -0.2) is 23.1 Å². The Hall–Kier alpha value is -2.89. The Balaban J connectivity index is 2.53. The summed E-state index contributed by atoms with van der Waals surface area (Å²) in [6.45, 7) is 0. The van der Waals surface area contributed by atoms with Crippen molar-refractivity contribution in [1.82, 2.24) is 0 Å². The third kappa shape index (κ3) is 2.59. The molecule has 2 rings (SSSR count). The van der Waals surface area contributed by atoms with E-state index in [-0.39, 0.29) is 17.0 Å². The number of carboxylic acids is 1. The van der Waals surface area contributed by atoms with Crippen molar-refractivity contribution >= 4 is 11.7 Å². The molecule has 1 N–H and O–H groups in total. The molecular weight excluding hydrogens is 262 g/mol. The van der Waals surface area contributed by atoms with E-state index in [1.165, 1.54) is 31.4 Å². The lowest BCUT2D eigenvalue weighted by atomic mass is 10.0. The van der Waals surface area contributed by atoms with E-state index in [9.17, 15) is 14.9 Å². The third-order valence-corrected chi connectivity index (χ3v) is 2.82. The highest BCUT2D eigenvalue weighted by molar-refractivity contribution is 5.89. The summed E-state index contributed by atoms with van der Waals surface area (Å²) < 4.78 is 4.92. The molecule has 0 saturated heterocycles. The van der Waals surface area contributed by atoms with E-state index < -0.39 is 10.9 Å². The molecule has 0 aliphatic heterocycles. The number of carbonyl (C=O) groups is 1. The zero-order valence-corrected chi connectivity index (χ0v) is 10.6. The van der Waals surface area contributed by atoms with Gasteiger partial charge in [0.1, 0.15) is 0 Å². The molecule has 0 heterocycles. The first-order valence-electron chi connectivity index (χ1n) is 5.69. The molecule has 0 aromatic heterocycles. The molecule has 20 heavy (non-hydrogen) atoms. The minimum Gasteiger partial charge on any atom is -0.490 e.